The molecule has 2 N–H and O–H groups in total. The number of rotatable bonds is 10. The molecule has 0 unspecified atom stereocenters. The van der Waals surface area contributed by atoms with E-state index in [1.165, 1.54) is 6.20 Å². The number of halogens is 4. The van der Waals surface area contributed by atoms with E-state index in [9.17, 15) is 23.4 Å². The number of aliphatic hydroxyl groups is 2. The van der Waals surface area contributed by atoms with Crippen LogP contribution in [0.3, 0.4) is 0 Å². The Hall–Kier alpha value is -2.59. The van der Waals surface area contributed by atoms with Gasteiger partial charge in [0, 0.05) is 42.4 Å². The Bertz CT molecular complexity index is 1240. The molecule has 3 aromatic rings. The number of pyridine rings is 1. The van der Waals surface area contributed by atoms with Crippen LogP contribution in [0.15, 0.2) is 36.5 Å². The Morgan fingerprint density at radius 3 is 2.62 bits per heavy atom. The molecule has 4 rings (SSSR count). The van der Waals surface area contributed by atoms with Gasteiger partial charge in [-0.15, -0.1) is 0 Å². The van der Waals surface area contributed by atoms with E-state index in [0.717, 1.165) is 11.5 Å². The van der Waals surface area contributed by atoms with Gasteiger partial charge >= 0.3 is 0 Å². The molecule has 0 aliphatic carbocycles. The summed E-state index contributed by atoms with van der Waals surface area (Å²) in [6.07, 6.45) is 3.06. The van der Waals surface area contributed by atoms with Crippen LogP contribution in [0.4, 0.5) is 13.2 Å². The number of methoxy groups -OCH3 is 1. The molecule has 1 aromatic heterocycles. The molecule has 37 heavy (non-hydrogen) atoms. The number of fused-ring (bicyclic) bond motifs is 1. The fraction of sp³-hybridized carbons (Fsp3) is 0.444. The van der Waals surface area contributed by atoms with E-state index >= 15 is 0 Å². The number of ether oxygens (including phenoxy) is 2. The minimum atomic E-state index is -1.29. The molecule has 6 nitrogen and oxygen atoms in total. The molecule has 0 spiro atoms. The maximum atomic E-state index is 13.8. The van der Waals surface area contributed by atoms with E-state index in [1.54, 1.807) is 19.2 Å². The van der Waals surface area contributed by atoms with Crippen molar-refractivity contribution in [2.45, 2.75) is 31.8 Å². The largest absolute Gasteiger partial charge is 0.497 e. The molecule has 0 bridgehead atoms. The summed E-state index contributed by atoms with van der Waals surface area (Å²) in [7, 11) is 1.57. The van der Waals surface area contributed by atoms with Crippen LogP contribution >= 0.6 is 11.6 Å². The molecule has 2 aromatic carbocycles. The zero-order valence-electron chi connectivity index (χ0n) is 20.5. The third-order valence-corrected chi connectivity index (χ3v) is 7.53. The third-order valence-electron chi connectivity index (χ3n) is 7.23. The van der Waals surface area contributed by atoms with Crippen molar-refractivity contribution in [3.05, 3.63) is 64.6 Å². The summed E-state index contributed by atoms with van der Waals surface area (Å²) >= 11 is 6.43. The van der Waals surface area contributed by atoms with E-state index in [1.807, 2.05) is 6.07 Å². The number of hydrogen-bond donors (Lipinski definition) is 2. The Labute approximate surface area is 218 Å². The summed E-state index contributed by atoms with van der Waals surface area (Å²) in [5, 5.41) is 22.4. The average Bonchev–Trinajstić information content (AvgIpc) is 2.90. The molecule has 2 heterocycles. The highest BCUT2D eigenvalue weighted by atomic mass is 35.5. The average molecular weight is 539 g/mol. The fourth-order valence-corrected chi connectivity index (χ4v) is 5.16. The van der Waals surface area contributed by atoms with Crippen LogP contribution in [0.25, 0.3) is 10.9 Å². The zero-order chi connectivity index (χ0) is 26.6. The minimum Gasteiger partial charge on any atom is -0.497 e. The van der Waals surface area contributed by atoms with Gasteiger partial charge in [-0.3, -0.25) is 9.88 Å². The molecular weight excluding hydrogens is 509 g/mol. The van der Waals surface area contributed by atoms with E-state index < -0.39 is 29.3 Å². The van der Waals surface area contributed by atoms with Crippen molar-refractivity contribution in [3.8, 4) is 11.5 Å². The van der Waals surface area contributed by atoms with Crippen LogP contribution < -0.4 is 9.47 Å². The van der Waals surface area contributed by atoms with Crippen LogP contribution in [-0.2, 0) is 0 Å². The van der Waals surface area contributed by atoms with Crippen molar-refractivity contribution in [1.82, 2.24) is 9.88 Å². The second-order valence-corrected chi connectivity index (χ2v) is 9.91. The first-order valence-corrected chi connectivity index (χ1v) is 12.5. The second kappa shape index (κ2) is 11.9. The number of nitrogens with zero attached hydrogens (tertiary/aromatic N) is 2. The number of benzene rings is 2. The van der Waals surface area contributed by atoms with Gasteiger partial charge in [0.25, 0.3) is 0 Å². The lowest BCUT2D eigenvalue weighted by Crippen LogP contribution is -2.43. The maximum Gasteiger partial charge on any atom is 0.200 e. The Morgan fingerprint density at radius 1 is 1.16 bits per heavy atom. The zero-order valence-corrected chi connectivity index (χ0v) is 21.3. The van der Waals surface area contributed by atoms with Crippen molar-refractivity contribution >= 4 is 22.5 Å². The van der Waals surface area contributed by atoms with Gasteiger partial charge in [-0.1, -0.05) is 11.6 Å². The van der Waals surface area contributed by atoms with E-state index in [-0.39, 0.29) is 18.6 Å². The first-order chi connectivity index (χ1) is 17.7. The van der Waals surface area contributed by atoms with Gasteiger partial charge in [0.15, 0.2) is 11.6 Å². The van der Waals surface area contributed by atoms with Gasteiger partial charge in [0.2, 0.25) is 5.82 Å². The smallest absolute Gasteiger partial charge is 0.200 e. The predicted molar refractivity (Wildman–Crippen MR) is 135 cm³/mol. The van der Waals surface area contributed by atoms with Gasteiger partial charge < -0.3 is 19.7 Å². The summed E-state index contributed by atoms with van der Waals surface area (Å²) in [6, 6.07) is 6.71. The Kier molecular flexibility index (Phi) is 8.79. The number of hydrogen-bond acceptors (Lipinski definition) is 6. The molecule has 1 fully saturated rings. The van der Waals surface area contributed by atoms with E-state index in [2.05, 4.69) is 9.88 Å². The highest BCUT2D eigenvalue weighted by Gasteiger charge is 2.34. The summed E-state index contributed by atoms with van der Waals surface area (Å²) < 4.78 is 51.0. The molecular formula is C27H30ClF3N2O4. The van der Waals surface area contributed by atoms with E-state index in [4.69, 9.17) is 21.1 Å². The molecule has 1 aliphatic rings. The van der Waals surface area contributed by atoms with Gasteiger partial charge in [0.05, 0.1) is 23.8 Å². The highest BCUT2D eigenvalue weighted by Crippen LogP contribution is 2.40. The third kappa shape index (κ3) is 6.29. The molecule has 1 atom stereocenters. The van der Waals surface area contributed by atoms with Crippen LogP contribution in [0.1, 0.15) is 37.4 Å². The molecule has 0 saturated carbocycles. The van der Waals surface area contributed by atoms with Crippen molar-refractivity contribution < 1.29 is 32.9 Å². The topological polar surface area (TPSA) is 75.0 Å². The lowest BCUT2D eigenvalue weighted by molar-refractivity contribution is 0.0204. The second-order valence-electron chi connectivity index (χ2n) is 9.51. The molecule has 0 radical (unpaired) electrons. The number of piperidine rings is 1. The Morgan fingerprint density at radius 2 is 1.92 bits per heavy atom. The lowest BCUT2D eigenvalue weighted by Gasteiger charge is -2.41. The predicted octanol–water partition coefficient (Wildman–Crippen LogP) is 5.28. The monoisotopic (exact) mass is 538 g/mol. The molecule has 1 aliphatic heterocycles. The number of likely N-dealkylation sites (tertiary alicyclic amines) is 1. The normalized spacial score (nSPS) is 16.6. The van der Waals surface area contributed by atoms with Crippen LogP contribution in [0, 0.1) is 22.9 Å². The summed E-state index contributed by atoms with van der Waals surface area (Å²) in [6.45, 7) is 1.83. The van der Waals surface area contributed by atoms with Crippen LogP contribution in [-0.4, -0.2) is 60.1 Å². The van der Waals surface area contributed by atoms with E-state index in [0.29, 0.717) is 73.2 Å². The van der Waals surface area contributed by atoms with Crippen molar-refractivity contribution in [1.29, 1.82) is 0 Å². The molecule has 10 heteroatoms. The standard InChI is InChI=1S/C27H30ClF3N2O4/c1-36-18-2-3-22-19(14-18)25(20(28)15-32-22)23(35)4-5-27(16-34)6-8-33(9-7-27)10-11-37-24-13-17(29)12-21(30)26(24)31/h2-3,12-15,23,34-35H,4-11,16H2,1H3/t23-/m0/s1. The van der Waals surface area contributed by atoms with Crippen LogP contribution in [0.2, 0.25) is 5.02 Å². The summed E-state index contributed by atoms with van der Waals surface area (Å²) in [5.41, 5.74) is 0.935. The molecule has 0 amide bonds. The van der Waals surface area contributed by atoms with Crippen LogP contribution in [0.5, 0.6) is 11.5 Å². The quantitative estimate of drug-likeness (QED) is 0.342. The highest BCUT2D eigenvalue weighted by molar-refractivity contribution is 6.32. The maximum absolute atomic E-state index is 13.8. The minimum absolute atomic E-state index is 0.0174. The van der Waals surface area contributed by atoms with Crippen molar-refractivity contribution in [3.63, 3.8) is 0 Å². The van der Waals surface area contributed by atoms with Gasteiger partial charge in [-0.25, -0.2) is 8.78 Å². The first-order valence-electron chi connectivity index (χ1n) is 12.2. The number of aliphatic hydroxyl groups excluding tert-OH is 2. The van der Waals surface area contributed by atoms with Gasteiger partial charge in [-0.05, 0) is 62.4 Å². The SMILES string of the molecule is COc1ccc2ncc(Cl)c([C@@H](O)CCC3(CO)CCN(CCOc4cc(F)cc(F)c4F)CC3)c2c1. The Balaban J connectivity index is 1.33. The first kappa shape index (κ1) is 27.4. The van der Waals surface area contributed by atoms with Gasteiger partial charge in [-0.2, -0.15) is 4.39 Å². The van der Waals surface area contributed by atoms with Crippen molar-refractivity contribution in [2.75, 3.05) is 40.0 Å². The van der Waals surface area contributed by atoms with Crippen molar-refractivity contribution in [2.24, 2.45) is 5.41 Å². The number of aromatic nitrogens is 1. The molecule has 1 saturated heterocycles. The fourth-order valence-electron chi connectivity index (χ4n) is 4.88. The summed E-state index contributed by atoms with van der Waals surface area (Å²) in [5.74, 6) is -3.21. The summed E-state index contributed by atoms with van der Waals surface area (Å²) in [4.78, 5) is 6.43. The molecule has 200 valence electrons. The van der Waals surface area contributed by atoms with Gasteiger partial charge in [0.1, 0.15) is 18.2 Å². The lowest BCUT2D eigenvalue weighted by atomic mass is 9.74.